The van der Waals surface area contributed by atoms with Crippen LogP contribution in [0.25, 0.3) is 0 Å². The number of rotatable bonds is 6. The van der Waals surface area contributed by atoms with Crippen LogP contribution in [0.15, 0.2) is 35.5 Å². The first-order chi connectivity index (χ1) is 8.19. The molecule has 0 aromatic heterocycles. The molecule has 1 aliphatic rings. The number of allylic oxidation sites excluding steroid dienone is 4. The fourth-order valence-corrected chi connectivity index (χ4v) is 2.16. The van der Waals surface area contributed by atoms with E-state index >= 15 is 0 Å². The third-order valence-corrected chi connectivity index (χ3v) is 3.38. The maximum atomic E-state index is 5.98. The van der Waals surface area contributed by atoms with Crippen LogP contribution in [-0.4, -0.2) is 12.7 Å². The van der Waals surface area contributed by atoms with Crippen molar-refractivity contribution in [1.29, 1.82) is 0 Å². The fraction of sp³-hybridized carbons (Fsp3) is 0.625. The van der Waals surface area contributed by atoms with Gasteiger partial charge in [0.15, 0.2) is 0 Å². The molecule has 1 heteroatoms. The maximum Gasteiger partial charge on any atom is 0.0720 e. The second-order valence-electron chi connectivity index (χ2n) is 4.95. The molecule has 0 saturated heterocycles. The van der Waals surface area contributed by atoms with Crippen LogP contribution in [-0.2, 0) is 4.74 Å². The van der Waals surface area contributed by atoms with Crippen molar-refractivity contribution in [2.24, 2.45) is 5.92 Å². The van der Waals surface area contributed by atoms with Gasteiger partial charge in [-0.15, -0.1) is 0 Å². The van der Waals surface area contributed by atoms with E-state index in [1.807, 2.05) is 0 Å². The molecule has 96 valence electrons. The Bertz CT molecular complexity index is 303. The highest BCUT2D eigenvalue weighted by atomic mass is 16.5. The van der Waals surface area contributed by atoms with E-state index in [2.05, 4.69) is 52.0 Å². The van der Waals surface area contributed by atoms with Gasteiger partial charge in [-0.3, -0.25) is 0 Å². The van der Waals surface area contributed by atoms with Crippen LogP contribution >= 0.6 is 0 Å². The van der Waals surface area contributed by atoms with Gasteiger partial charge in [0.25, 0.3) is 0 Å². The van der Waals surface area contributed by atoms with Crippen LogP contribution in [0.5, 0.6) is 0 Å². The quantitative estimate of drug-likeness (QED) is 0.649. The number of hydrogen-bond donors (Lipinski definition) is 0. The Kier molecular flexibility index (Phi) is 6.28. The van der Waals surface area contributed by atoms with Gasteiger partial charge in [0.1, 0.15) is 0 Å². The van der Waals surface area contributed by atoms with Crippen LogP contribution < -0.4 is 0 Å². The van der Waals surface area contributed by atoms with Crippen LogP contribution in [0.3, 0.4) is 0 Å². The molecule has 0 amide bonds. The Morgan fingerprint density at radius 1 is 1.18 bits per heavy atom. The van der Waals surface area contributed by atoms with Crippen LogP contribution in [0.2, 0.25) is 0 Å². The normalized spacial score (nSPS) is 16.1. The minimum Gasteiger partial charge on any atom is -0.374 e. The van der Waals surface area contributed by atoms with Gasteiger partial charge in [0.2, 0.25) is 0 Å². The lowest BCUT2D eigenvalue weighted by molar-refractivity contribution is 0.0650. The summed E-state index contributed by atoms with van der Waals surface area (Å²) in [7, 11) is 0. The van der Waals surface area contributed by atoms with Gasteiger partial charge >= 0.3 is 0 Å². The van der Waals surface area contributed by atoms with E-state index in [4.69, 9.17) is 4.74 Å². The van der Waals surface area contributed by atoms with Gasteiger partial charge in [-0.1, -0.05) is 57.6 Å². The molecule has 1 nitrogen and oxygen atoms in total. The summed E-state index contributed by atoms with van der Waals surface area (Å²) in [6.45, 7) is 9.67. The smallest absolute Gasteiger partial charge is 0.0720 e. The molecule has 0 atom stereocenters. The Morgan fingerprint density at radius 3 is 2.47 bits per heavy atom. The van der Waals surface area contributed by atoms with Gasteiger partial charge < -0.3 is 4.74 Å². The molecule has 0 fully saturated rings. The molecule has 1 rings (SSSR count). The molecule has 0 aromatic carbocycles. The average Bonchev–Trinajstić information content (AvgIpc) is 2.55. The summed E-state index contributed by atoms with van der Waals surface area (Å²) in [6, 6.07) is 0. The lowest BCUT2D eigenvalue weighted by atomic mass is 9.95. The van der Waals surface area contributed by atoms with Gasteiger partial charge in [-0.05, 0) is 30.8 Å². The Hall–Kier alpha value is -0.820. The van der Waals surface area contributed by atoms with E-state index in [0.29, 0.717) is 12.0 Å². The van der Waals surface area contributed by atoms with Gasteiger partial charge in [0.05, 0.1) is 12.7 Å². The van der Waals surface area contributed by atoms with Gasteiger partial charge in [-0.2, -0.15) is 0 Å². The van der Waals surface area contributed by atoms with E-state index in [0.717, 1.165) is 25.9 Å². The number of ether oxygens (including phenoxy) is 1. The Labute approximate surface area is 106 Å². The van der Waals surface area contributed by atoms with E-state index in [1.54, 1.807) is 0 Å². The minimum atomic E-state index is 0.403. The van der Waals surface area contributed by atoms with Crippen molar-refractivity contribution >= 4 is 0 Å². The minimum absolute atomic E-state index is 0.403. The molecule has 0 radical (unpaired) electrons. The summed E-state index contributed by atoms with van der Waals surface area (Å²) in [5.74, 6) is 0.600. The average molecular weight is 234 g/mol. The lowest BCUT2D eigenvalue weighted by Gasteiger charge is -2.18. The highest BCUT2D eigenvalue weighted by molar-refractivity contribution is 5.33. The zero-order valence-corrected chi connectivity index (χ0v) is 11.7. The van der Waals surface area contributed by atoms with Crippen molar-refractivity contribution in [3.8, 4) is 0 Å². The van der Waals surface area contributed by atoms with Gasteiger partial charge in [0, 0.05) is 0 Å². The van der Waals surface area contributed by atoms with Crippen molar-refractivity contribution in [2.75, 3.05) is 6.61 Å². The molecule has 0 spiro atoms. The molecule has 1 aliphatic carbocycles. The third-order valence-electron chi connectivity index (χ3n) is 3.38. The predicted molar refractivity (Wildman–Crippen MR) is 75.1 cm³/mol. The van der Waals surface area contributed by atoms with E-state index in [1.165, 1.54) is 11.1 Å². The first-order valence-electron chi connectivity index (χ1n) is 6.85. The Morgan fingerprint density at radius 2 is 1.88 bits per heavy atom. The summed E-state index contributed by atoms with van der Waals surface area (Å²) in [5, 5.41) is 0. The third kappa shape index (κ3) is 4.51. The molecule has 0 aliphatic heterocycles. The van der Waals surface area contributed by atoms with E-state index in [-0.39, 0.29) is 0 Å². The maximum absolute atomic E-state index is 5.98. The van der Waals surface area contributed by atoms with Crippen LogP contribution in [0, 0.1) is 5.92 Å². The summed E-state index contributed by atoms with van der Waals surface area (Å²) in [5.41, 5.74) is 2.89. The predicted octanol–water partition coefficient (Wildman–Crippen LogP) is 4.66. The zero-order valence-electron chi connectivity index (χ0n) is 11.7. The molecule has 0 N–H and O–H groups in total. The Balaban J connectivity index is 2.70. The van der Waals surface area contributed by atoms with Crippen LogP contribution in [0.4, 0.5) is 0 Å². The second kappa shape index (κ2) is 7.50. The highest BCUT2D eigenvalue weighted by Gasteiger charge is 2.11. The molecule has 17 heavy (non-hydrogen) atoms. The van der Waals surface area contributed by atoms with Gasteiger partial charge in [-0.25, -0.2) is 0 Å². The highest BCUT2D eigenvalue weighted by Crippen LogP contribution is 2.23. The zero-order chi connectivity index (χ0) is 12.7. The first kappa shape index (κ1) is 14.2. The monoisotopic (exact) mass is 234 g/mol. The molecule has 0 saturated carbocycles. The van der Waals surface area contributed by atoms with E-state index < -0.39 is 0 Å². The molecular weight excluding hydrogens is 208 g/mol. The van der Waals surface area contributed by atoms with Crippen molar-refractivity contribution in [2.45, 2.75) is 53.1 Å². The SMILES string of the molecule is CCC(CC)OCC1=C(C(C)C)CC=CC=C1. The lowest BCUT2D eigenvalue weighted by Crippen LogP contribution is -2.13. The second-order valence-corrected chi connectivity index (χ2v) is 4.95. The summed E-state index contributed by atoms with van der Waals surface area (Å²) < 4.78 is 5.98. The molecule has 0 bridgehead atoms. The van der Waals surface area contributed by atoms with Crippen molar-refractivity contribution in [3.63, 3.8) is 0 Å². The summed E-state index contributed by atoms with van der Waals surface area (Å²) in [6.07, 6.45) is 12.4. The fourth-order valence-electron chi connectivity index (χ4n) is 2.16. The summed E-state index contributed by atoms with van der Waals surface area (Å²) >= 11 is 0. The largest absolute Gasteiger partial charge is 0.374 e. The first-order valence-corrected chi connectivity index (χ1v) is 6.85. The van der Waals surface area contributed by atoms with Crippen molar-refractivity contribution in [1.82, 2.24) is 0 Å². The topological polar surface area (TPSA) is 9.23 Å². The summed E-state index contributed by atoms with van der Waals surface area (Å²) in [4.78, 5) is 0. The molecule has 0 aromatic rings. The van der Waals surface area contributed by atoms with Crippen molar-refractivity contribution in [3.05, 3.63) is 35.5 Å². The van der Waals surface area contributed by atoms with Crippen LogP contribution in [0.1, 0.15) is 47.0 Å². The van der Waals surface area contributed by atoms with E-state index in [9.17, 15) is 0 Å². The molecule has 0 unspecified atom stereocenters. The standard InChI is InChI=1S/C16H26O/c1-5-15(6-2)17-12-14-10-8-7-9-11-16(14)13(3)4/h7-10,13,15H,5-6,11-12H2,1-4H3. The number of hydrogen-bond acceptors (Lipinski definition) is 1. The molecule has 0 heterocycles. The van der Waals surface area contributed by atoms with Crippen molar-refractivity contribution < 1.29 is 4.74 Å². The molecular formula is C16H26O.